The Kier molecular flexibility index (Phi) is 3.24. The predicted octanol–water partition coefficient (Wildman–Crippen LogP) is 2.78. The highest BCUT2D eigenvalue weighted by molar-refractivity contribution is 6.30. The van der Waals surface area contributed by atoms with E-state index in [-0.39, 0.29) is 11.9 Å². The average Bonchev–Trinajstić information content (AvgIpc) is 2.15. The van der Waals surface area contributed by atoms with Crippen molar-refractivity contribution < 1.29 is 4.39 Å². The van der Waals surface area contributed by atoms with E-state index in [0.29, 0.717) is 16.5 Å². The van der Waals surface area contributed by atoms with E-state index in [0.717, 1.165) is 12.8 Å². The molecule has 1 fully saturated rings. The summed E-state index contributed by atoms with van der Waals surface area (Å²) in [4.78, 5) is 0. The molecule has 1 saturated carbocycles. The molecule has 0 heterocycles. The van der Waals surface area contributed by atoms with Gasteiger partial charge >= 0.3 is 0 Å². The van der Waals surface area contributed by atoms with Gasteiger partial charge in [0.05, 0.1) is 6.04 Å². The Bertz CT molecular complexity index is 352. The van der Waals surface area contributed by atoms with Gasteiger partial charge in [0, 0.05) is 10.6 Å². The van der Waals surface area contributed by atoms with Gasteiger partial charge in [-0.15, -0.1) is 0 Å². The van der Waals surface area contributed by atoms with Gasteiger partial charge in [0.15, 0.2) is 0 Å². The number of halogens is 2. The van der Waals surface area contributed by atoms with Crippen LogP contribution in [0.5, 0.6) is 0 Å². The Hall–Kier alpha value is -0.640. The smallest absolute Gasteiger partial charge is 0.128 e. The topological polar surface area (TPSA) is 38.0 Å². The molecule has 0 bridgehead atoms. The standard InChI is InChI=1S/C11H14ClFN2/c12-8-4-5-10(13)9(6-8)11(15-14)7-2-1-3-7/h4-7,11,15H,1-3,14H2. The molecule has 1 aromatic rings. The van der Waals surface area contributed by atoms with Crippen molar-refractivity contribution in [1.29, 1.82) is 0 Å². The maximum atomic E-state index is 13.6. The van der Waals surface area contributed by atoms with Crippen LogP contribution in [0.25, 0.3) is 0 Å². The molecule has 0 radical (unpaired) electrons. The van der Waals surface area contributed by atoms with E-state index in [1.807, 2.05) is 0 Å². The molecule has 1 aliphatic carbocycles. The van der Waals surface area contributed by atoms with E-state index in [1.165, 1.54) is 12.5 Å². The van der Waals surface area contributed by atoms with Gasteiger partial charge in [-0.25, -0.2) is 4.39 Å². The van der Waals surface area contributed by atoms with Gasteiger partial charge in [-0.1, -0.05) is 18.0 Å². The first-order chi connectivity index (χ1) is 7.22. The maximum Gasteiger partial charge on any atom is 0.128 e. The number of nitrogens with two attached hydrogens (primary N) is 1. The molecule has 1 unspecified atom stereocenters. The van der Waals surface area contributed by atoms with Crippen LogP contribution >= 0.6 is 11.6 Å². The third kappa shape index (κ3) is 2.14. The lowest BCUT2D eigenvalue weighted by atomic mass is 9.77. The molecule has 0 spiro atoms. The Morgan fingerprint density at radius 2 is 2.20 bits per heavy atom. The summed E-state index contributed by atoms with van der Waals surface area (Å²) in [6.45, 7) is 0. The molecule has 1 aliphatic rings. The van der Waals surface area contributed by atoms with E-state index in [4.69, 9.17) is 17.4 Å². The third-order valence-corrected chi connectivity index (χ3v) is 3.33. The SMILES string of the molecule is NNC(c1cc(Cl)ccc1F)C1CCC1. The van der Waals surface area contributed by atoms with E-state index in [9.17, 15) is 4.39 Å². The first kappa shape index (κ1) is 10.9. The van der Waals surface area contributed by atoms with Crippen LogP contribution in [0, 0.1) is 11.7 Å². The molecule has 0 saturated heterocycles. The van der Waals surface area contributed by atoms with Crippen LogP contribution < -0.4 is 11.3 Å². The normalized spacial score (nSPS) is 18.6. The molecule has 0 aromatic heterocycles. The number of rotatable bonds is 3. The van der Waals surface area contributed by atoms with Crippen molar-refractivity contribution in [2.75, 3.05) is 0 Å². The van der Waals surface area contributed by atoms with Gasteiger partial charge in [-0.3, -0.25) is 11.3 Å². The minimum Gasteiger partial charge on any atom is -0.271 e. The highest BCUT2D eigenvalue weighted by atomic mass is 35.5. The van der Waals surface area contributed by atoms with Crippen LogP contribution in [-0.4, -0.2) is 0 Å². The number of nitrogens with one attached hydrogen (secondary N) is 1. The summed E-state index contributed by atoms with van der Waals surface area (Å²) in [7, 11) is 0. The predicted molar refractivity (Wildman–Crippen MR) is 58.8 cm³/mol. The van der Waals surface area contributed by atoms with Crippen molar-refractivity contribution in [2.45, 2.75) is 25.3 Å². The van der Waals surface area contributed by atoms with Gasteiger partial charge < -0.3 is 0 Å². The zero-order valence-corrected chi connectivity index (χ0v) is 9.10. The fourth-order valence-electron chi connectivity index (χ4n) is 2.01. The second kappa shape index (κ2) is 4.47. The Labute approximate surface area is 93.6 Å². The summed E-state index contributed by atoms with van der Waals surface area (Å²) in [5.41, 5.74) is 3.27. The molecule has 2 nitrogen and oxygen atoms in total. The lowest BCUT2D eigenvalue weighted by Crippen LogP contribution is -2.37. The largest absolute Gasteiger partial charge is 0.271 e. The molecular formula is C11H14ClFN2. The van der Waals surface area contributed by atoms with Crippen molar-refractivity contribution in [1.82, 2.24) is 5.43 Å². The minimum absolute atomic E-state index is 0.113. The Balaban J connectivity index is 2.28. The van der Waals surface area contributed by atoms with Gasteiger partial charge in [0.2, 0.25) is 0 Å². The lowest BCUT2D eigenvalue weighted by Gasteiger charge is -2.33. The summed E-state index contributed by atoms with van der Waals surface area (Å²) in [6, 6.07) is 4.48. The molecule has 0 amide bonds. The summed E-state index contributed by atoms with van der Waals surface area (Å²) in [5, 5.41) is 0.547. The molecule has 1 atom stereocenters. The first-order valence-electron chi connectivity index (χ1n) is 5.13. The number of hydrazine groups is 1. The van der Waals surface area contributed by atoms with Crippen LogP contribution in [0.15, 0.2) is 18.2 Å². The number of hydrogen-bond donors (Lipinski definition) is 2. The van der Waals surface area contributed by atoms with Gasteiger partial charge in [-0.2, -0.15) is 0 Å². The first-order valence-corrected chi connectivity index (χ1v) is 5.51. The zero-order valence-electron chi connectivity index (χ0n) is 8.34. The highest BCUT2D eigenvalue weighted by Gasteiger charge is 2.29. The summed E-state index contributed by atoms with van der Waals surface area (Å²) < 4.78 is 13.6. The van der Waals surface area contributed by atoms with E-state index >= 15 is 0 Å². The molecule has 82 valence electrons. The molecular weight excluding hydrogens is 215 g/mol. The molecule has 3 N–H and O–H groups in total. The zero-order chi connectivity index (χ0) is 10.8. The van der Waals surface area contributed by atoms with Crippen molar-refractivity contribution in [3.8, 4) is 0 Å². The minimum atomic E-state index is -0.241. The van der Waals surface area contributed by atoms with Crippen LogP contribution in [0.4, 0.5) is 4.39 Å². The van der Waals surface area contributed by atoms with Crippen LogP contribution in [-0.2, 0) is 0 Å². The quantitative estimate of drug-likeness (QED) is 0.617. The van der Waals surface area contributed by atoms with Gasteiger partial charge in [0.25, 0.3) is 0 Å². The van der Waals surface area contributed by atoms with Crippen LogP contribution in [0.3, 0.4) is 0 Å². The van der Waals surface area contributed by atoms with Gasteiger partial charge in [0.1, 0.15) is 5.82 Å². The summed E-state index contributed by atoms with van der Waals surface area (Å²) in [5.74, 6) is 5.67. The molecule has 15 heavy (non-hydrogen) atoms. The van der Waals surface area contributed by atoms with E-state index in [1.54, 1.807) is 12.1 Å². The van der Waals surface area contributed by atoms with Crippen LogP contribution in [0.1, 0.15) is 30.9 Å². The molecule has 0 aliphatic heterocycles. The fourth-order valence-corrected chi connectivity index (χ4v) is 2.19. The molecule has 4 heteroatoms. The van der Waals surface area contributed by atoms with E-state index < -0.39 is 0 Å². The lowest BCUT2D eigenvalue weighted by molar-refractivity contribution is 0.228. The molecule has 2 rings (SSSR count). The molecule has 1 aromatic carbocycles. The fraction of sp³-hybridized carbons (Fsp3) is 0.455. The summed E-state index contributed by atoms with van der Waals surface area (Å²) in [6.07, 6.45) is 3.40. The third-order valence-electron chi connectivity index (χ3n) is 3.09. The second-order valence-electron chi connectivity index (χ2n) is 4.00. The van der Waals surface area contributed by atoms with Crippen molar-refractivity contribution >= 4 is 11.6 Å². The number of benzene rings is 1. The Morgan fingerprint density at radius 3 is 2.73 bits per heavy atom. The monoisotopic (exact) mass is 228 g/mol. The van der Waals surface area contributed by atoms with Crippen molar-refractivity contribution in [2.24, 2.45) is 11.8 Å². The maximum absolute atomic E-state index is 13.6. The van der Waals surface area contributed by atoms with Crippen LogP contribution in [0.2, 0.25) is 5.02 Å². The number of hydrogen-bond acceptors (Lipinski definition) is 2. The van der Waals surface area contributed by atoms with Crippen molar-refractivity contribution in [3.63, 3.8) is 0 Å². The van der Waals surface area contributed by atoms with Crippen molar-refractivity contribution in [3.05, 3.63) is 34.6 Å². The average molecular weight is 229 g/mol. The summed E-state index contributed by atoms with van der Waals surface area (Å²) >= 11 is 5.85. The second-order valence-corrected chi connectivity index (χ2v) is 4.44. The van der Waals surface area contributed by atoms with E-state index in [2.05, 4.69) is 5.43 Å². The van der Waals surface area contributed by atoms with Gasteiger partial charge in [-0.05, 0) is 37.0 Å². The Morgan fingerprint density at radius 1 is 1.47 bits per heavy atom. The highest BCUT2D eigenvalue weighted by Crippen LogP contribution is 2.38.